The van der Waals surface area contributed by atoms with Crippen LogP contribution >= 0.6 is 0 Å². The third-order valence-corrected chi connectivity index (χ3v) is 4.62. The monoisotopic (exact) mass is 436 g/mol. The van der Waals surface area contributed by atoms with Crippen molar-refractivity contribution in [1.82, 2.24) is 25.5 Å². The van der Waals surface area contributed by atoms with E-state index in [1.807, 2.05) is 43.3 Å². The molecule has 0 aliphatic heterocycles. The number of rotatable bonds is 6. The molecule has 1 unspecified atom stereocenters. The molecule has 2 aromatic carbocycles. The third-order valence-electron chi connectivity index (χ3n) is 4.62. The van der Waals surface area contributed by atoms with Crippen molar-refractivity contribution in [2.75, 3.05) is 5.32 Å². The van der Waals surface area contributed by atoms with Crippen LogP contribution in [-0.4, -0.2) is 43.9 Å². The van der Waals surface area contributed by atoms with Crippen molar-refractivity contribution < 1.29 is 14.3 Å². The third kappa shape index (κ3) is 6.13. The van der Waals surface area contributed by atoms with Crippen LogP contribution in [0.25, 0.3) is 5.69 Å². The number of carbonyl (C=O) groups excluding carboxylic acids is 2. The van der Waals surface area contributed by atoms with Gasteiger partial charge in [-0.15, -0.1) is 5.10 Å². The van der Waals surface area contributed by atoms with Gasteiger partial charge in [0.1, 0.15) is 11.6 Å². The lowest BCUT2D eigenvalue weighted by molar-refractivity contribution is -0.118. The molecule has 32 heavy (non-hydrogen) atoms. The van der Waals surface area contributed by atoms with E-state index in [9.17, 15) is 9.59 Å². The van der Waals surface area contributed by atoms with Gasteiger partial charge in [-0.1, -0.05) is 36.4 Å². The Hall–Kier alpha value is -3.75. The number of carbonyl (C=O) groups is 2. The van der Waals surface area contributed by atoms with E-state index < -0.39 is 17.7 Å². The standard InChI is InChI=1S/C23H28N6O3/c1-15-11-12-18(14-20(15)29-16(2)26-27-28-29)24-21(30)19(13-17-9-7-6-8-10-17)25-22(31)32-23(3,4)5/h6-12,14,19H,13H2,1-5H3,(H,24,30)(H,25,31). The van der Waals surface area contributed by atoms with E-state index in [1.165, 1.54) is 0 Å². The molecule has 0 saturated carbocycles. The molecule has 0 aliphatic rings. The first kappa shape index (κ1) is 22.9. The minimum absolute atomic E-state index is 0.316. The lowest BCUT2D eigenvalue weighted by atomic mass is 10.1. The summed E-state index contributed by atoms with van der Waals surface area (Å²) < 4.78 is 6.95. The van der Waals surface area contributed by atoms with Gasteiger partial charge in [0.25, 0.3) is 0 Å². The van der Waals surface area contributed by atoms with Gasteiger partial charge in [-0.2, -0.15) is 4.68 Å². The average Bonchev–Trinajstić information content (AvgIpc) is 3.14. The maximum absolute atomic E-state index is 13.1. The van der Waals surface area contributed by atoms with Crippen LogP contribution in [0.5, 0.6) is 0 Å². The van der Waals surface area contributed by atoms with E-state index in [2.05, 4.69) is 26.2 Å². The van der Waals surface area contributed by atoms with Gasteiger partial charge in [0.15, 0.2) is 5.82 Å². The van der Waals surface area contributed by atoms with E-state index >= 15 is 0 Å². The van der Waals surface area contributed by atoms with Crippen LogP contribution in [0.2, 0.25) is 0 Å². The van der Waals surface area contributed by atoms with Crippen molar-refractivity contribution in [2.24, 2.45) is 0 Å². The van der Waals surface area contributed by atoms with Gasteiger partial charge < -0.3 is 15.4 Å². The van der Waals surface area contributed by atoms with Crippen molar-refractivity contribution in [2.45, 2.75) is 52.7 Å². The molecule has 2 amide bonds. The Kier molecular flexibility index (Phi) is 6.87. The predicted octanol–water partition coefficient (Wildman–Crippen LogP) is 3.35. The molecule has 9 heteroatoms. The number of aryl methyl sites for hydroxylation is 2. The highest BCUT2D eigenvalue weighted by Gasteiger charge is 2.25. The second kappa shape index (κ2) is 9.59. The lowest BCUT2D eigenvalue weighted by Gasteiger charge is -2.23. The summed E-state index contributed by atoms with van der Waals surface area (Å²) in [6.45, 7) is 9.05. The van der Waals surface area contributed by atoms with E-state index in [0.717, 1.165) is 16.8 Å². The fourth-order valence-corrected chi connectivity index (χ4v) is 3.11. The number of amides is 2. The van der Waals surface area contributed by atoms with Crippen molar-refractivity contribution in [3.8, 4) is 5.69 Å². The summed E-state index contributed by atoms with van der Waals surface area (Å²) in [5.41, 5.74) is 2.51. The van der Waals surface area contributed by atoms with Gasteiger partial charge in [0, 0.05) is 12.1 Å². The molecule has 3 aromatic rings. The number of hydrogen-bond donors (Lipinski definition) is 2. The molecule has 0 saturated heterocycles. The maximum Gasteiger partial charge on any atom is 0.408 e. The zero-order chi connectivity index (χ0) is 23.3. The second-order valence-electron chi connectivity index (χ2n) is 8.52. The van der Waals surface area contributed by atoms with Gasteiger partial charge >= 0.3 is 6.09 Å². The van der Waals surface area contributed by atoms with Gasteiger partial charge in [0.2, 0.25) is 5.91 Å². The topological polar surface area (TPSA) is 111 Å². The average molecular weight is 437 g/mol. The Morgan fingerprint density at radius 3 is 2.44 bits per heavy atom. The van der Waals surface area contributed by atoms with E-state index in [1.54, 1.807) is 44.5 Å². The summed E-state index contributed by atoms with van der Waals surface area (Å²) in [6.07, 6.45) is -0.334. The zero-order valence-electron chi connectivity index (χ0n) is 18.9. The van der Waals surface area contributed by atoms with Gasteiger partial charge in [-0.05, 0) is 68.3 Å². The van der Waals surface area contributed by atoms with Gasteiger partial charge in [0.05, 0.1) is 5.69 Å². The highest BCUT2D eigenvalue weighted by molar-refractivity contribution is 5.97. The summed E-state index contributed by atoms with van der Waals surface area (Å²) >= 11 is 0. The molecular weight excluding hydrogens is 408 g/mol. The Bertz CT molecular complexity index is 1090. The number of nitrogens with zero attached hydrogens (tertiary/aromatic N) is 4. The van der Waals surface area contributed by atoms with Crippen LogP contribution in [0.3, 0.4) is 0 Å². The molecule has 0 fully saturated rings. The first-order valence-corrected chi connectivity index (χ1v) is 10.3. The molecule has 1 heterocycles. The second-order valence-corrected chi connectivity index (χ2v) is 8.52. The first-order chi connectivity index (χ1) is 15.1. The lowest BCUT2D eigenvalue weighted by Crippen LogP contribution is -2.47. The van der Waals surface area contributed by atoms with Crippen LogP contribution in [0.1, 0.15) is 37.7 Å². The van der Waals surface area contributed by atoms with Crippen molar-refractivity contribution in [1.29, 1.82) is 0 Å². The van der Waals surface area contributed by atoms with E-state index in [0.29, 0.717) is 17.9 Å². The smallest absolute Gasteiger partial charge is 0.408 e. The van der Waals surface area contributed by atoms with Crippen LogP contribution in [0, 0.1) is 13.8 Å². The number of aromatic nitrogens is 4. The number of ether oxygens (including phenoxy) is 1. The number of hydrogen-bond acceptors (Lipinski definition) is 6. The molecule has 0 radical (unpaired) electrons. The number of tetrazole rings is 1. The Morgan fingerprint density at radius 1 is 1.09 bits per heavy atom. The molecule has 9 nitrogen and oxygen atoms in total. The van der Waals surface area contributed by atoms with Gasteiger partial charge in [-0.3, -0.25) is 4.79 Å². The number of nitrogens with one attached hydrogen (secondary N) is 2. The Balaban J connectivity index is 1.81. The summed E-state index contributed by atoms with van der Waals surface area (Å²) in [5, 5.41) is 17.2. The van der Waals surface area contributed by atoms with Crippen LogP contribution in [0.4, 0.5) is 10.5 Å². The predicted molar refractivity (Wildman–Crippen MR) is 121 cm³/mol. The number of benzene rings is 2. The molecule has 0 aliphatic carbocycles. The Labute approximate surface area is 187 Å². The quantitative estimate of drug-likeness (QED) is 0.613. The summed E-state index contributed by atoms with van der Waals surface area (Å²) in [6, 6.07) is 14.1. The van der Waals surface area contributed by atoms with E-state index in [4.69, 9.17) is 4.74 Å². The largest absolute Gasteiger partial charge is 0.444 e. The van der Waals surface area contributed by atoms with Gasteiger partial charge in [-0.25, -0.2) is 4.79 Å². The molecular formula is C23H28N6O3. The fraction of sp³-hybridized carbons (Fsp3) is 0.348. The first-order valence-electron chi connectivity index (χ1n) is 10.3. The van der Waals surface area contributed by atoms with E-state index in [-0.39, 0.29) is 5.91 Å². The zero-order valence-corrected chi connectivity index (χ0v) is 18.9. The summed E-state index contributed by atoms with van der Waals surface area (Å²) in [7, 11) is 0. The normalized spacial score (nSPS) is 12.2. The van der Waals surface area contributed by atoms with Crippen molar-refractivity contribution in [3.63, 3.8) is 0 Å². The highest BCUT2D eigenvalue weighted by Crippen LogP contribution is 2.20. The Morgan fingerprint density at radius 2 is 1.81 bits per heavy atom. The minimum atomic E-state index is -0.827. The minimum Gasteiger partial charge on any atom is -0.444 e. The molecule has 2 N–H and O–H groups in total. The van der Waals surface area contributed by atoms with Crippen LogP contribution in [-0.2, 0) is 16.0 Å². The highest BCUT2D eigenvalue weighted by atomic mass is 16.6. The fourth-order valence-electron chi connectivity index (χ4n) is 3.11. The van der Waals surface area contributed by atoms with Crippen LogP contribution < -0.4 is 10.6 Å². The van der Waals surface area contributed by atoms with Crippen molar-refractivity contribution in [3.05, 3.63) is 65.5 Å². The molecule has 3 rings (SSSR count). The van der Waals surface area contributed by atoms with Crippen LogP contribution in [0.15, 0.2) is 48.5 Å². The number of alkyl carbamates (subject to hydrolysis) is 1. The van der Waals surface area contributed by atoms with Crippen molar-refractivity contribution >= 4 is 17.7 Å². The molecule has 168 valence electrons. The maximum atomic E-state index is 13.1. The summed E-state index contributed by atoms with van der Waals surface area (Å²) in [4.78, 5) is 25.5. The summed E-state index contributed by atoms with van der Waals surface area (Å²) in [5.74, 6) is 0.271. The molecule has 1 atom stereocenters. The molecule has 0 spiro atoms. The number of anilines is 1. The molecule has 1 aromatic heterocycles. The SMILES string of the molecule is Cc1ccc(NC(=O)C(Cc2ccccc2)NC(=O)OC(C)(C)C)cc1-n1nnnc1C. The molecule has 0 bridgehead atoms.